The van der Waals surface area contributed by atoms with E-state index in [1.807, 2.05) is 32.0 Å². The van der Waals surface area contributed by atoms with Crippen LogP contribution >= 0.6 is 15.9 Å². The molecular weight excluding hydrogens is 282 g/mol. The van der Waals surface area contributed by atoms with Crippen molar-refractivity contribution in [3.63, 3.8) is 0 Å². The van der Waals surface area contributed by atoms with Crippen LogP contribution in [0, 0.1) is 12.8 Å². The molecule has 0 bridgehead atoms. The van der Waals surface area contributed by atoms with Gasteiger partial charge in [0.05, 0.1) is 5.69 Å². The first kappa shape index (κ1) is 12.3. The Balaban J connectivity index is 2.35. The standard InChI is InChI=1S/C13H14BrNO2/c1-8-5-12(16)15(13(17)6-8)10-4-3-9(2)11(14)7-10/h3-4,7-8H,5-6H2,1-2H3. The third kappa shape index (κ3) is 2.41. The fraction of sp³-hybridized carbons (Fsp3) is 0.385. The van der Waals surface area contributed by atoms with Crippen LogP contribution in [-0.2, 0) is 9.59 Å². The maximum absolute atomic E-state index is 11.9. The van der Waals surface area contributed by atoms with E-state index in [-0.39, 0.29) is 17.7 Å². The maximum Gasteiger partial charge on any atom is 0.234 e. The Hall–Kier alpha value is -1.16. The van der Waals surface area contributed by atoms with Gasteiger partial charge in [0.25, 0.3) is 0 Å². The zero-order chi connectivity index (χ0) is 12.6. The highest BCUT2D eigenvalue weighted by Gasteiger charge is 2.31. The highest BCUT2D eigenvalue weighted by molar-refractivity contribution is 9.10. The fourth-order valence-electron chi connectivity index (χ4n) is 2.00. The molecule has 0 aliphatic carbocycles. The summed E-state index contributed by atoms with van der Waals surface area (Å²) >= 11 is 3.42. The molecule has 0 atom stereocenters. The number of rotatable bonds is 1. The van der Waals surface area contributed by atoms with E-state index in [0.717, 1.165) is 10.0 Å². The van der Waals surface area contributed by atoms with Gasteiger partial charge in [0, 0.05) is 17.3 Å². The molecule has 17 heavy (non-hydrogen) atoms. The minimum Gasteiger partial charge on any atom is -0.274 e. The molecule has 1 aromatic carbocycles. The molecule has 1 saturated heterocycles. The van der Waals surface area contributed by atoms with Crippen LogP contribution in [0.15, 0.2) is 22.7 Å². The average molecular weight is 296 g/mol. The Labute approximate surface area is 109 Å². The van der Waals surface area contributed by atoms with Crippen molar-refractivity contribution in [3.8, 4) is 0 Å². The molecule has 90 valence electrons. The third-order valence-electron chi connectivity index (χ3n) is 2.96. The second-order valence-corrected chi connectivity index (χ2v) is 5.42. The van der Waals surface area contributed by atoms with E-state index in [9.17, 15) is 9.59 Å². The number of benzene rings is 1. The summed E-state index contributed by atoms with van der Waals surface area (Å²) in [5.74, 6) is -0.0610. The third-order valence-corrected chi connectivity index (χ3v) is 3.81. The molecule has 1 fully saturated rings. The molecule has 0 N–H and O–H groups in total. The lowest BCUT2D eigenvalue weighted by Gasteiger charge is -2.28. The van der Waals surface area contributed by atoms with Gasteiger partial charge in [-0.1, -0.05) is 28.9 Å². The number of halogens is 1. The number of carbonyl (C=O) groups excluding carboxylic acids is 2. The quantitative estimate of drug-likeness (QED) is 0.747. The number of hydrogen-bond donors (Lipinski definition) is 0. The largest absolute Gasteiger partial charge is 0.274 e. The molecular formula is C13H14BrNO2. The predicted molar refractivity (Wildman–Crippen MR) is 69.8 cm³/mol. The van der Waals surface area contributed by atoms with Crippen molar-refractivity contribution in [2.24, 2.45) is 5.92 Å². The first-order valence-corrected chi connectivity index (χ1v) is 6.40. The fourth-order valence-corrected chi connectivity index (χ4v) is 2.37. The number of amides is 2. The first-order valence-electron chi connectivity index (χ1n) is 5.61. The normalized spacial score (nSPS) is 17.7. The number of hydrogen-bond acceptors (Lipinski definition) is 2. The summed E-state index contributed by atoms with van der Waals surface area (Å²) in [6, 6.07) is 5.53. The van der Waals surface area contributed by atoms with Gasteiger partial charge < -0.3 is 0 Å². The van der Waals surface area contributed by atoms with E-state index in [1.54, 1.807) is 0 Å². The molecule has 2 amide bonds. The molecule has 4 heteroatoms. The van der Waals surface area contributed by atoms with Gasteiger partial charge in [-0.15, -0.1) is 0 Å². The van der Waals surface area contributed by atoms with Gasteiger partial charge >= 0.3 is 0 Å². The highest BCUT2D eigenvalue weighted by Crippen LogP contribution is 2.28. The van der Waals surface area contributed by atoms with Crippen molar-refractivity contribution < 1.29 is 9.59 Å². The van der Waals surface area contributed by atoms with Gasteiger partial charge in [-0.2, -0.15) is 0 Å². The molecule has 1 heterocycles. The van der Waals surface area contributed by atoms with Crippen molar-refractivity contribution in [2.45, 2.75) is 26.7 Å². The van der Waals surface area contributed by atoms with E-state index in [1.165, 1.54) is 4.90 Å². The second kappa shape index (κ2) is 4.61. The average Bonchev–Trinajstić information content (AvgIpc) is 2.21. The molecule has 1 aliphatic heterocycles. The number of piperidine rings is 1. The highest BCUT2D eigenvalue weighted by atomic mass is 79.9. The molecule has 0 spiro atoms. The second-order valence-electron chi connectivity index (χ2n) is 4.57. The molecule has 0 aromatic heterocycles. The summed E-state index contributed by atoms with van der Waals surface area (Å²) in [4.78, 5) is 25.1. The lowest BCUT2D eigenvalue weighted by molar-refractivity contribution is -0.130. The lowest BCUT2D eigenvalue weighted by atomic mass is 9.97. The molecule has 0 radical (unpaired) electrons. The number of aryl methyl sites for hydroxylation is 1. The maximum atomic E-state index is 11.9. The Kier molecular flexibility index (Phi) is 3.33. The summed E-state index contributed by atoms with van der Waals surface area (Å²) < 4.78 is 0.911. The summed E-state index contributed by atoms with van der Waals surface area (Å²) in [5.41, 5.74) is 1.74. The van der Waals surface area contributed by atoms with Crippen molar-refractivity contribution in [2.75, 3.05) is 4.90 Å². The van der Waals surface area contributed by atoms with Crippen LogP contribution < -0.4 is 4.90 Å². The van der Waals surface area contributed by atoms with Crippen LogP contribution in [-0.4, -0.2) is 11.8 Å². The van der Waals surface area contributed by atoms with Gasteiger partial charge in [-0.3, -0.25) is 14.5 Å². The van der Waals surface area contributed by atoms with Crippen LogP contribution in [0.1, 0.15) is 25.3 Å². The van der Waals surface area contributed by atoms with Crippen molar-refractivity contribution >= 4 is 33.4 Å². The summed E-state index contributed by atoms with van der Waals surface area (Å²) in [7, 11) is 0. The number of carbonyl (C=O) groups is 2. The van der Waals surface area contributed by atoms with E-state index in [0.29, 0.717) is 18.5 Å². The van der Waals surface area contributed by atoms with Gasteiger partial charge in [-0.05, 0) is 30.5 Å². The Morgan fingerprint density at radius 2 is 1.82 bits per heavy atom. The van der Waals surface area contributed by atoms with Crippen molar-refractivity contribution in [1.29, 1.82) is 0 Å². The van der Waals surface area contributed by atoms with E-state index >= 15 is 0 Å². The first-order chi connectivity index (χ1) is 7.99. The van der Waals surface area contributed by atoms with Crippen LogP contribution in [0.4, 0.5) is 5.69 Å². The van der Waals surface area contributed by atoms with Crippen molar-refractivity contribution in [3.05, 3.63) is 28.2 Å². The van der Waals surface area contributed by atoms with E-state index < -0.39 is 0 Å². The molecule has 1 aromatic rings. The predicted octanol–water partition coefficient (Wildman–Crippen LogP) is 3.05. The summed E-state index contributed by atoms with van der Waals surface area (Å²) in [5, 5.41) is 0. The monoisotopic (exact) mass is 295 g/mol. The zero-order valence-corrected chi connectivity index (χ0v) is 11.5. The smallest absolute Gasteiger partial charge is 0.234 e. The Morgan fingerprint density at radius 3 is 2.35 bits per heavy atom. The SMILES string of the molecule is Cc1ccc(N2C(=O)CC(C)CC2=O)cc1Br. The minimum absolute atomic E-state index is 0.107. The van der Waals surface area contributed by atoms with Gasteiger partial charge in [0.2, 0.25) is 11.8 Å². The topological polar surface area (TPSA) is 37.4 Å². The van der Waals surface area contributed by atoms with Crippen LogP contribution in [0.2, 0.25) is 0 Å². The van der Waals surface area contributed by atoms with Gasteiger partial charge in [0.1, 0.15) is 0 Å². The molecule has 2 rings (SSSR count). The number of nitrogens with zero attached hydrogens (tertiary/aromatic N) is 1. The lowest BCUT2D eigenvalue weighted by Crippen LogP contribution is -2.42. The molecule has 0 unspecified atom stereocenters. The minimum atomic E-state index is -0.107. The summed E-state index contributed by atoms with van der Waals surface area (Å²) in [6.07, 6.45) is 0.883. The Bertz CT molecular complexity index is 466. The van der Waals surface area contributed by atoms with Crippen LogP contribution in [0.5, 0.6) is 0 Å². The van der Waals surface area contributed by atoms with Crippen LogP contribution in [0.25, 0.3) is 0 Å². The molecule has 3 nitrogen and oxygen atoms in total. The molecule has 0 saturated carbocycles. The van der Waals surface area contributed by atoms with E-state index in [2.05, 4.69) is 15.9 Å². The molecule has 1 aliphatic rings. The van der Waals surface area contributed by atoms with Crippen LogP contribution in [0.3, 0.4) is 0 Å². The zero-order valence-electron chi connectivity index (χ0n) is 9.87. The Morgan fingerprint density at radius 1 is 1.24 bits per heavy atom. The number of anilines is 1. The van der Waals surface area contributed by atoms with Gasteiger partial charge in [0.15, 0.2) is 0 Å². The van der Waals surface area contributed by atoms with E-state index in [4.69, 9.17) is 0 Å². The van der Waals surface area contributed by atoms with Gasteiger partial charge in [-0.25, -0.2) is 0 Å². The number of imide groups is 1. The van der Waals surface area contributed by atoms with Crippen molar-refractivity contribution in [1.82, 2.24) is 0 Å². The summed E-state index contributed by atoms with van der Waals surface area (Å²) in [6.45, 7) is 3.90.